The van der Waals surface area contributed by atoms with Gasteiger partial charge in [-0.2, -0.15) is 0 Å². The SMILES string of the molecule is OCc1ccc(N2CCC(N3CCOCC3)C2)c(Br)c1. The predicted molar refractivity (Wildman–Crippen MR) is 83.1 cm³/mol. The zero-order valence-corrected chi connectivity index (χ0v) is 13.2. The molecule has 1 unspecified atom stereocenters. The van der Waals surface area contributed by atoms with Crippen LogP contribution in [0.5, 0.6) is 0 Å². The minimum Gasteiger partial charge on any atom is -0.392 e. The van der Waals surface area contributed by atoms with Crippen molar-refractivity contribution in [3.05, 3.63) is 28.2 Å². The molecule has 3 rings (SSSR count). The number of rotatable bonds is 3. The van der Waals surface area contributed by atoms with Crippen molar-refractivity contribution in [1.82, 2.24) is 4.90 Å². The normalized spacial score (nSPS) is 24.3. The molecule has 2 aliphatic rings. The van der Waals surface area contributed by atoms with E-state index < -0.39 is 0 Å². The molecule has 1 atom stereocenters. The van der Waals surface area contributed by atoms with Gasteiger partial charge in [0.1, 0.15) is 0 Å². The Labute approximate surface area is 128 Å². The van der Waals surface area contributed by atoms with Gasteiger partial charge in [0.15, 0.2) is 0 Å². The first kappa shape index (κ1) is 14.3. The Morgan fingerprint density at radius 1 is 1.25 bits per heavy atom. The maximum absolute atomic E-state index is 9.18. The van der Waals surface area contributed by atoms with Gasteiger partial charge in [-0.25, -0.2) is 0 Å². The molecule has 0 aliphatic carbocycles. The standard InChI is InChI=1S/C15H21BrN2O2/c16-14-9-12(11-19)1-2-15(14)18-4-3-13(10-18)17-5-7-20-8-6-17/h1-2,9,13,19H,3-8,10-11H2. The molecule has 2 aliphatic heterocycles. The first-order valence-electron chi connectivity index (χ1n) is 7.24. The van der Waals surface area contributed by atoms with Crippen molar-refractivity contribution in [2.45, 2.75) is 19.1 Å². The maximum atomic E-state index is 9.18. The number of nitrogens with zero attached hydrogens (tertiary/aromatic N) is 2. The molecule has 0 saturated carbocycles. The second-order valence-corrected chi connectivity index (χ2v) is 6.34. The van der Waals surface area contributed by atoms with E-state index in [0.717, 1.165) is 49.4 Å². The van der Waals surface area contributed by atoms with Crippen LogP contribution in [0.1, 0.15) is 12.0 Å². The van der Waals surface area contributed by atoms with Crippen molar-refractivity contribution in [3.8, 4) is 0 Å². The highest BCUT2D eigenvalue weighted by atomic mass is 79.9. The van der Waals surface area contributed by atoms with Gasteiger partial charge in [0.2, 0.25) is 0 Å². The van der Waals surface area contributed by atoms with Crippen LogP contribution in [0.15, 0.2) is 22.7 Å². The highest BCUT2D eigenvalue weighted by Crippen LogP contribution is 2.31. The second-order valence-electron chi connectivity index (χ2n) is 5.48. The molecule has 0 bridgehead atoms. The molecule has 1 aromatic carbocycles. The summed E-state index contributed by atoms with van der Waals surface area (Å²) in [6.07, 6.45) is 1.22. The summed E-state index contributed by atoms with van der Waals surface area (Å²) in [5.74, 6) is 0. The van der Waals surface area contributed by atoms with Gasteiger partial charge in [0.05, 0.1) is 25.5 Å². The van der Waals surface area contributed by atoms with Gasteiger partial charge in [-0.15, -0.1) is 0 Å². The second kappa shape index (κ2) is 6.43. The van der Waals surface area contributed by atoms with Gasteiger partial charge in [-0.05, 0) is 40.0 Å². The molecule has 2 saturated heterocycles. The number of ether oxygens (including phenoxy) is 1. The summed E-state index contributed by atoms with van der Waals surface area (Å²) in [4.78, 5) is 4.99. The smallest absolute Gasteiger partial charge is 0.0682 e. The molecule has 110 valence electrons. The van der Waals surface area contributed by atoms with E-state index in [9.17, 15) is 5.11 Å². The van der Waals surface area contributed by atoms with E-state index in [4.69, 9.17) is 4.74 Å². The van der Waals surface area contributed by atoms with Crippen LogP contribution in [-0.2, 0) is 11.3 Å². The van der Waals surface area contributed by atoms with E-state index in [-0.39, 0.29) is 6.61 Å². The quantitative estimate of drug-likeness (QED) is 0.910. The lowest BCUT2D eigenvalue weighted by atomic mass is 10.2. The number of morpholine rings is 1. The third-order valence-corrected chi connectivity index (χ3v) is 4.90. The van der Waals surface area contributed by atoms with E-state index in [1.165, 1.54) is 12.1 Å². The van der Waals surface area contributed by atoms with Crippen molar-refractivity contribution >= 4 is 21.6 Å². The maximum Gasteiger partial charge on any atom is 0.0682 e. The summed E-state index contributed by atoms with van der Waals surface area (Å²) in [5.41, 5.74) is 2.18. The molecule has 2 heterocycles. The minimum absolute atomic E-state index is 0.0925. The van der Waals surface area contributed by atoms with Gasteiger partial charge in [-0.1, -0.05) is 6.07 Å². The van der Waals surface area contributed by atoms with Gasteiger partial charge >= 0.3 is 0 Å². The number of hydrogen-bond donors (Lipinski definition) is 1. The molecule has 0 aromatic heterocycles. The number of halogens is 1. The van der Waals surface area contributed by atoms with Crippen LogP contribution in [0.2, 0.25) is 0 Å². The molecule has 5 heteroatoms. The molecule has 2 fully saturated rings. The Balaban J connectivity index is 1.67. The molecule has 0 radical (unpaired) electrons. The molecule has 4 nitrogen and oxygen atoms in total. The summed E-state index contributed by atoms with van der Waals surface area (Å²) >= 11 is 3.63. The van der Waals surface area contributed by atoms with Gasteiger partial charge in [0, 0.05) is 36.7 Å². The molecule has 1 aromatic rings. The number of hydrogen-bond acceptors (Lipinski definition) is 4. The Morgan fingerprint density at radius 2 is 2.05 bits per heavy atom. The van der Waals surface area contributed by atoms with E-state index in [0.29, 0.717) is 6.04 Å². The van der Waals surface area contributed by atoms with Crippen LogP contribution in [0.25, 0.3) is 0 Å². The fourth-order valence-corrected chi connectivity index (χ4v) is 3.78. The van der Waals surface area contributed by atoms with Crippen molar-refractivity contribution in [2.75, 3.05) is 44.3 Å². The predicted octanol–water partition coefficient (Wildman–Crippen LogP) is 1.85. The lowest BCUT2D eigenvalue weighted by molar-refractivity contribution is 0.0209. The number of anilines is 1. The summed E-state index contributed by atoms with van der Waals surface area (Å²) in [6.45, 7) is 6.12. The first-order valence-corrected chi connectivity index (χ1v) is 8.03. The fraction of sp³-hybridized carbons (Fsp3) is 0.600. The van der Waals surface area contributed by atoms with Gasteiger partial charge in [0.25, 0.3) is 0 Å². The van der Waals surface area contributed by atoms with Crippen LogP contribution in [-0.4, -0.2) is 55.4 Å². The lowest BCUT2D eigenvalue weighted by Crippen LogP contribution is -2.44. The Bertz CT molecular complexity index is 463. The summed E-state index contributed by atoms with van der Waals surface area (Å²) in [7, 11) is 0. The Kier molecular flexibility index (Phi) is 4.61. The van der Waals surface area contributed by atoms with Crippen molar-refractivity contribution in [3.63, 3.8) is 0 Å². The topological polar surface area (TPSA) is 35.9 Å². The highest BCUT2D eigenvalue weighted by Gasteiger charge is 2.29. The molecule has 1 N–H and O–H groups in total. The molecule has 0 spiro atoms. The lowest BCUT2D eigenvalue weighted by Gasteiger charge is -2.32. The Morgan fingerprint density at radius 3 is 2.75 bits per heavy atom. The summed E-state index contributed by atoms with van der Waals surface area (Å²) in [5, 5.41) is 9.18. The van der Waals surface area contributed by atoms with Gasteiger partial charge < -0.3 is 14.7 Å². The van der Waals surface area contributed by atoms with E-state index in [2.05, 4.69) is 31.8 Å². The Hall–Kier alpha value is -0.620. The van der Waals surface area contributed by atoms with Crippen molar-refractivity contribution in [1.29, 1.82) is 0 Å². The largest absolute Gasteiger partial charge is 0.392 e. The van der Waals surface area contributed by atoms with E-state index in [1.54, 1.807) is 0 Å². The van der Waals surface area contributed by atoms with Gasteiger partial charge in [-0.3, -0.25) is 4.90 Å². The molecule has 0 amide bonds. The van der Waals surface area contributed by atoms with Crippen LogP contribution in [0.4, 0.5) is 5.69 Å². The van der Waals surface area contributed by atoms with Crippen molar-refractivity contribution < 1.29 is 9.84 Å². The molecular weight excluding hydrogens is 320 g/mol. The highest BCUT2D eigenvalue weighted by molar-refractivity contribution is 9.10. The number of aliphatic hydroxyl groups excluding tert-OH is 1. The fourth-order valence-electron chi connectivity index (χ4n) is 3.11. The molecular formula is C15H21BrN2O2. The van der Waals surface area contributed by atoms with Crippen LogP contribution in [0.3, 0.4) is 0 Å². The third kappa shape index (κ3) is 3.01. The van der Waals surface area contributed by atoms with Crippen molar-refractivity contribution in [2.24, 2.45) is 0 Å². The number of aliphatic hydroxyl groups is 1. The summed E-state index contributed by atoms with van der Waals surface area (Å²) < 4.78 is 6.50. The van der Waals surface area contributed by atoms with Crippen LogP contribution < -0.4 is 4.90 Å². The third-order valence-electron chi connectivity index (χ3n) is 4.26. The summed E-state index contributed by atoms with van der Waals surface area (Å²) in [6, 6.07) is 6.76. The molecule has 20 heavy (non-hydrogen) atoms. The van der Waals surface area contributed by atoms with E-state index >= 15 is 0 Å². The van der Waals surface area contributed by atoms with E-state index in [1.807, 2.05) is 12.1 Å². The van der Waals surface area contributed by atoms with Crippen LogP contribution in [0, 0.1) is 0 Å². The first-order chi connectivity index (χ1) is 9.78. The minimum atomic E-state index is 0.0925. The zero-order chi connectivity index (χ0) is 13.9. The monoisotopic (exact) mass is 340 g/mol. The zero-order valence-electron chi connectivity index (χ0n) is 11.6. The number of benzene rings is 1. The average Bonchev–Trinajstić information content (AvgIpc) is 2.97. The van der Waals surface area contributed by atoms with Crippen LogP contribution >= 0.6 is 15.9 Å². The average molecular weight is 341 g/mol.